The average molecular weight is 443 g/mol. The number of benzene rings is 1. The van der Waals surface area contributed by atoms with Crippen molar-refractivity contribution in [2.24, 2.45) is 0 Å². The molecular weight excluding hydrogens is 400 g/mol. The van der Waals surface area contributed by atoms with Crippen LogP contribution < -0.4 is 5.32 Å². The minimum Gasteiger partial charge on any atom is -0.353 e. The van der Waals surface area contributed by atoms with Gasteiger partial charge in [0, 0.05) is 38.8 Å². The highest BCUT2D eigenvalue weighted by Crippen LogP contribution is 2.33. The van der Waals surface area contributed by atoms with Gasteiger partial charge in [0.1, 0.15) is 0 Å². The molecule has 178 valence electrons. The SMILES string of the molecule is CCC(C)NC(=O)CN1CCN(CC(=O)N2CCCC2c2ccc(C(C)(C)C)cc2)CC1. The molecule has 1 aromatic carbocycles. The number of hydrogen-bond acceptors (Lipinski definition) is 4. The van der Waals surface area contributed by atoms with Gasteiger partial charge in [0.05, 0.1) is 19.1 Å². The van der Waals surface area contributed by atoms with Crippen molar-refractivity contribution in [2.75, 3.05) is 45.8 Å². The molecule has 2 saturated heterocycles. The fourth-order valence-electron chi connectivity index (χ4n) is 4.63. The Bertz CT molecular complexity index is 763. The first kappa shape index (κ1) is 24.7. The predicted octanol–water partition coefficient (Wildman–Crippen LogP) is 3.18. The maximum absolute atomic E-state index is 13.1. The zero-order chi connectivity index (χ0) is 23.3. The van der Waals surface area contributed by atoms with Crippen molar-refractivity contribution in [1.82, 2.24) is 20.0 Å². The number of rotatable bonds is 7. The molecule has 6 nitrogen and oxygen atoms in total. The summed E-state index contributed by atoms with van der Waals surface area (Å²) in [5.74, 6) is 0.330. The second kappa shape index (κ2) is 10.8. The van der Waals surface area contributed by atoms with Crippen molar-refractivity contribution in [2.45, 2.75) is 71.4 Å². The molecule has 0 aromatic heterocycles. The van der Waals surface area contributed by atoms with Crippen LogP contribution in [0, 0.1) is 0 Å². The van der Waals surface area contributed by atoms with Crippen LogP contribution in [0.5, 0.6) is 0 Å². The molecule has 2 unspecified atom stereocenters. The molecule has 32 heavy (non-hydrogen) atoms. The molecular formula is C26H42N4O2. The second-order valence-corrected chi connectivity index (χ2v) is 10.5. The van der Waals surface area contributed by atoms with Crippen LogP contribution in [0.1, 0.15) is 71.0 Å². The summed E-state index contributed by atoms with van der Waals surface area (Å²) < 4.78 is 0. The zero-order valence-corrected chi connectivity index (χ0v) is 20.7. The van der Waals surface area contributed by atoms with Crippen molar-refractivity contribution < 1.29 is 9.59 Å². The zero-order valence-electron chi connectivity index (χ0n) is 20.7. The van der Waals surface area contributed by atoms with Crippen molar-refractivity contribution in [3.63, 3.8) is 0 Å². The highest BCUT2D eigenvalue weighted by atomic mass is 16.2. The van der Waals surface area contributed by atoms with Gasteiger partial charge in [0.2, 0.25) is 11.8 Å². The van der Waals surface area contributed by atoms with E-state index < -0.39 is 0 Å². The van der Waals surface area contributed by atoms with Crippen LogP contribution in [0.4, 0.5) is 0 Å². The van der Waals surface area contributed by atoms with E-state index in [1.165, 1.54) is 11.1 Å². The lowest BCUT2D eigenvalue weighted by Gasteiger charge is -2.35. The Kier molecular flexibility index (Phi) is 8.34. The molecule has 2 aliphatic heterocycles. The Hall–Kier alpha value is -1.92. The van der Waals surface area contributed by atoms with E-state index in [0.717, 1.165) is 52.0 Å². The van der Waals surface area contributed by atoms with Crippen LogP contribution in [-0.4, -0.2) is 78.4 Å². The maximum atomic E-state index is 13.1. The van der Waals surface area contributed by atoms with Crippen LogP contribution in [0.2, 0.25) is 0 Å². The normalized spacial score (nSPS) is 21.5. The third kappa shape index (κ3) is 6.55. The molecule has 0 bridgehead atoms. The van der Waals surface area contributed by atoms with Crippen LogP contribution in [0.3, 0.4) is 0 Å². The molecule has 0 aliphatic carbocycles. The molecule has 0 radical (unpaired) electrons. The summed E-state index contributed by atoms with van der Waals surface area (Å²) >= 11 is 0. The molecule has 0 saturated carbocycles. The Morgan fingerprint density at radius 3 is 2.16 bits per heavy atom. The fraction of sp³-hybridized carbons (Fsp3) is 0.692. The standard InChI is InChI=1S/C26H42N4O2/c1-6-20(2)27-24(31)18-28-14-16-29(17-15-28)19-25(32)30-13-7-8-23(30)21-9-11-22(12-10-21)26(3,4)5/h9-12,20,23H,6-8,13-19H2,1-5H3,(H,27,31). The predicted molar refractivity (Wildman–Crippen MR) is 130 cm³/mol. The van der Waals surface area contributed by atoms with E-state index in [4.69, 9.17) is 0 Å². The van der Waals surface area contributed by atoms with Crippen molar-refractivity contribution >= 4 is 11.8 Å². The van der Waals surface area contributed by atoms with E-state index in [1.807, 2.05) is 6.92 Å². The number of piperazine rings is 1. The Labute approximate surface area is 194 Å². The van der Waals surface area contributed by atoms with Gasteiger partial charge >= 0.3 is 0 Å². The number of carbonyl (C=O) groups is 2. The van der Waals surface area contributed by atoms with E-state index in [0.29, 0.717) is 13.1 Å². The van der Waals surface area contributed by atoms with Gasteiger partial charge in [-0.3, -0.25) is 19.4 Å². The third-order valence-electron chi connectivity index (χ3n) is 6.95. The largest absolute Gasteiger partial charge is 0.353 e. The minimum absolute atomic E-state index is 0.0984. The van der Waals surface area contributed by atoms with Crippen molar-refractivity contribution in [1.29, 1.82) is 0 Å². The Morgan fingerprint density at radius 1 is 1.00 bits per heavy atom. The number of carbonyl (C=O) groups excluding carboxylic acids is 2. The van der Waals surface area contributed by atoms with E-state index >= 15 is 0 Å². The van der Waals surface area contributed by atoms with Gasteiger partial charge in [-0.15, -0.1) is 0 Å². The number of hydrogen-bond donors (Lipinski definition) is 1. The molecule has 1 N–H and O–H groups in total. The summed E-state index contributed by atoms with van der Waals surface area (Å²) in [5, 5.41) is 3.03. The fourth-order valence-corrected chi connectivity index (χ4v) is 4.63. The van der Waals surface area contributed by atoms with E-state index in [1.54, 1.807) is 0 Å². The average Bonchev–Trinajstić information content (AvgIpc) is 3.24. The first-order valence-corrected chi connectivity index (χ1v) is 12.3. The molecule has 2 heterocycles. The Morgan fingerprint density at radius 2 is 1.59 bits per heavy atom. The summed E-state index contributed by atoms with van der Waals surface area (Å²) in [6, 6.07) is 9.27. The molecule has 2 aliphatic rings. The topological polar surface area (TPSA) is 55.9 Å². The van der Waals surface area contributed by atoms with E-state index in [-0.39, 0.29) is 29.3 Å². The van der Waals surface area contributed by atoms with Crippen LogP contribution >= 0.6 is 0 Å². The van der Waals surface area contributed by atoms with Crippen LogP contribution in [0.15, 0.2) is 24.3 Å². The lowest BCUT2D eigenvalue weighted by molar-refractivity contribution is -0.134. The number of nitrogens with zero attached hydrogens (tertiary/aromatic N) is 3. The van der Waals surface area contributed by atoms with Gasteiger partial charge < -0.3 is 10.2 Å². The molecule has 2 amide bonds. The lowest BCUT2D eigenvalue weighted by Crippen LogP contribution is -2.52. The van der Waals surface area contributed by atoms with Gasteiger partial charge in [-0.2, -0.15) is 0 Å². The Balaban J connectivity index is 1.49. The lowest BCUT2D eigenvalue weighted by atomic mass is 9.86. The van der Waals surface area contributed by atoms with E-state index in [9.17, 15) is 9.59 Å². The highest BCUT2D eigenvalue weighted by Gasteiger charge is 2.31. The third-order valence-corrected chi connectivity index (χ3v) is 6.95. The first-order chi connectivity index (χ1) is 15.2. The summed E-state index contributed by atoms with van der Waals surface area (Å²) in [6.07, 6.45) is 3.05. The van der Waals surface area contributed by atoms with Crippen LogP contribution in [-0.2, 0) is 15.0 Å². The van der Waals surface area contributed by atoms with Gasteiger partial charge in [0.25, 0.3) is 0 Å². The van der Waals surface area contributed by atoms with Gasteiger partial charge in [-0.1, -0.05) is 52.0 Å². The number of amides is 2. The summed E-state index contributed by atoms with van der Waals surface area (Å²) in [4.78, 5) is 31.8. The van der Waals surface area contributed by atoms with Gasteiger partial charge in [0.15, 0.2) is 0 Å². The smallest absolute Gasteiger partial charge is 0.237 e. The first-order valence-electron chi connectivity index (χ1n) is 12.3. The number of likely N-dealkylation sites (tertiary alicyclic amines) is 1. The molecule has 0 spiro atoms. The summed E-state index contributed by atoms with van der Waals surface area (Å²) in [6.45, 7) is 15.9. The summed E-state index contributed by atoms with van der Waals surface area (Å²) in [7, 11) is 0. The monoisotopic (exact) mass is 442 g/mol. The van der Waals surface area contributed by atoms with E-state index in [2.05, 4.69) is 72.0 Å². The maximum Gasteiger partial charge on any atom is 0.237 e. The second-order valence-electron chi connectivity index (χ2n) is 10.5. The van der Waals surface area contributed by atoms with Crippen molar-refractivity contribution in [3.05, 3.63) is 35.4 Å². The molecule has 6 heteroatoms. The quantitative estimate of drug-likeness (QED) is 0.705. The molecule has 3 rings (SSSR count). The van der Waals surface area contributed by atoms with Crippen molar-refractivity contribution in [3.8, 4) is 0 Å². The van der Waals surface area contributed by atoms with Gasteiger partial charge in [-0.25, -0.2) is 0 Å². The van der Waals surface area contributed by atoms with Gasteiger partial charge in [-0.05, 0) is 42.7 Å². The minimum atomic E-state index is 0.0984. The number of nitrogens with one attached hydrogen (secondary N) is 1. The molecule has 2 fully saturated rings. The molecule has 1 aromatic rings. The summed E-state index contributed by atoms with van der Waals surface area (Å²) in [5.41, 5.74) is 2.72. The highest BCUT2D eigenvalue weighted by molar-refractivity contribution is 5.79. The molecule has 2 atom stereocenters. The van der Waals surface area contributed by atoms with Crippen LogP contribution in [0.25, 0.3) is 0 Å².